The van der Waals surface area contributed by atoms with E-state index in [4.69, 9.17) is 32.7 Å². The van der Waals surface area contributed by atoms with Gasteiger partial charge in [-0.2, -0.15) is 0 Å². The number of hydrogen-bond acceptors (Lipinski definition) is 3. The van der Waals surface area contributed by atoms with Gasteiger partial charge in [0.05, 0.1) is 6.61 Å². The van der Waals surface area contributed by atoms with E-state index in [1.165, 1.54) is 12.1 Å². The normalized spacial score (nSPS) is 31.6. The molecule has 3 rings (SSSR count). The van der Waals surface area contributed by atoms with Gasteiger partial charge in [0.25, 0.3) is 0 Å². The highest BCUT2D eigenvalue weighted by Gasteiger charge is 2.73. The second-order valence-corrected chi connectivity index (χ2v) is 7.97. The molecule has 0 bridgehead atoms. The van der Waals surface area contributed by atoms with Crippen molar-refractivity contribution >= 4 is 23.2 Å². The van der Waals surface area contributed by atoms with Crippen LogP contribution in [0.25, 0.3) is 0 Å². The maximum Gasteiger partial charge on any atom is 0.573 e. The summed E-state index contributed by atoms with van der Waals surface area (Å²) in [5.74, 6) is -0.457. The van der Waals surface area contributed by atoms with Crippen LogP contribution in [0.15, 0.2) is 24.3 Å². The van der Waals surface area contributed by atoms with Gasteiger partial charge in [0.2, 0.25) is 0 Å². The minimum atomic E-state index is -4.72. The Morgan fingerprint density at radius 3 is 2.44 bits per heavy atom. The van der Waals surface area contributed by atoms with Crippen LogP contribution in [-0.4, -0.2) is 30.2 Å². The Kier molecular flexibility index (Phi) is 5.19. The molecule has 0 N–H and O–H groups in total. The van der Waals surface area contributed by atoms with Crippen LogP contribution >= 0.6 is 23.2 Å². The lowest BCUT2D eigenvalue weighted by atomic mass is 9.95. The largest absolute Gasteiger partial charge is 0.573 e. The third kappa shape index (κ3) is 3.87. The molecule has 1 aliphatic carbocycles. The summed E-state index contributed by atoms with van der Waals surface area (Å²) >= 11 is 12.9. The van der Waals surface area contributed by atoms with Gasteiger partial charge in [0, 0.05) is 17.9 Å². The fraction of sp³-hybridized carbons (Fsp3) is 0.647. The Bertz CT molecular complexity index is 600. The SMILES string of the molecule is C[C@]1(c2ccc(OC(F)(F)F)cc2)C(COC2CCCCO2)C1(Cl)Cl. The van der Waals surface area contributed by atoms with Crippen molar-refractivity contribution in [3.05, 3.63) is 29.8 Å². The Labute approximate surface area is 154 Å². The summed E-state index contributed by atoms with van der Waals surface area (Å²) in [6.07, 6.45) is -2.04. The van der Waals surface area contributed by atoms with Crippen molar-refractivity contribution in [3.63, 3.8) is 0 Å². The van der Waals surface area contributed by atoms with E-state index in [2.05, 4.69) is 4.74 Å². The van der Waals surface area contributed by atoms with Crippen LogP contribution in [0.4, 0.5) is 13.2 Å². The van der Waals surface area contributed by atoms with Gasteiger partial charge in [-0.05, 0) is 37.0 Å². The monoisotopic (exact) mass is 398 g/mol. The number of benzene rings is 1. The molecule has 1 aromatic carbocycles. The standard InChI is InChI=1S/C17H19Cl2F3O3/c1-15(11-5-7-12(8-6-11)25-17(20,21)22)13(16(15,18)19)10-24-14-4-2-3-9-23-14/h5-8,13-14H,2-4,9-10H2,1H3/t13?,14?,15-/m0/s1. The van der Waals surface area contributed by atoms with E-state index in [9.17, 15) is 13.2 Å². The van der Waals surface area contributed by atoms with E-state index >= 15 is 0 Å². The summed E-state index contributed by atoms with van der Waals surface area (Å²) in [5, 5.41) is 0. The average Bonchev–Trinajstić information content (AvgIpc) is 2.98. The van der Waals surface area contributed by atoms with Gasteiger partial charge >= 0.3 is 6.36 Å². The van der Waals surface area contributed by atoms with Gasteiger partial charge in [0.15, 0.2) is 6.29 Å². The summed E-state index contributed by atoms with van der Waals surface area (Å²) in [4.78, 5) is 0. The van der Waals surface area contributed by atoms with Gasteiger partial charge in [-0.1, -0.05) is 19.1 Å². The zero-order valence-electron chi connectivity index (χ0n) is 13.6. The topological polar surface area (TPSA) is 27.7 Å². The van der Waals surface area contributed by atoms with Crippen molar-refractivity contribution in [2.75, 3.05) is 13.2 Å². The zero-order valence-corrected chi connectivity index (χ0v) is 15.1. The first-order valence-electron chi connectivity index (χ1n) is 8.12. The molecule has 2 fully saturated rings. The molecule has 2 aliphatic rings. The highest BCUT2D eigenvalue weighted by atomic mass is 35.5. The molecule has 3 atom stereocenters. The van der Waals surface area contributed by atoms with Gasteiger partial charge in [0.1, 0.15) is 10.1 Å². The first kappa shape index (κ1) is 19.1. The van der Waals surface area contributed by atoms with E-state index in [-0.39, 0.29) is 18.0 Å². The minimum absolute atomic E-state index is 0.178. The van der Waals surface area contributed by atoms with Crippen molar-refractivity contribution in [1.82, 2.24) is 0 Å². The summed E-state index contributed by atoms with van der Waals surface area (Å²) in [5.41, 5.74) is 0.131. The second-order valence-electron chi connectivity index (χ2n) is 6.58. The van der Waals surface area contributed by atoms with Crippen LogP contribution in [0.5, 0.6) is 5.75 Å². The lowest BCUT2D eigenvalue weighted by Gasteiger charge is -2.23. The fourth-order valence-electron chi connectivity index (χ4n) is 3.33. The minimum Gasteiger partial charge on any atom is -0.406 e. The Hall–Kier alpha value is -0.690. The van der Waals surface area contributed by atoms with Crippen LogP contribution in [0, 0.1) is 5.92 Å². The van der Waals surface area contributed by atoms with E-state index in [1.807, 2.05) is 6.92 Å². The van der Waals surface area contributed by atoms with Crippen molar-refractivity contribution < 1.29 is 27.4 Å². The molecule has 0 radical (unpaired) electrons. The number of halogens is 5. The number of rotatable bonds is 5. The molecule has 3 nitrogen and oxygen atoms in total. The summed E-state index contributed by atoms with van der Waals surface area (Å²) in [6, 6.07) is 5.63. The van der Waals surface area contributed by atoms with E-state index in [0.29, 0.717) is 13.2 Å². The summed E-state index contributed by atoms with van der Waals surface area (Å²) in [6.45, 7) is 2.89. The van der Waals surface area contributed by atoms with E-state index in [1.54, 1.807) is 12.1 Å². The van der Waals surface area contributed by atoms with Crippen LogP contribution in [0.1, 0.15) is 31.7 Å². The first-order chi connectivity index (χ1) is 11.6. The number of ether oxygens (including phenoxy) is 3. The summed E-state index contributed by atoms with van der Waals surface area (Å²) in [7, 11) is 0. The number of hydrogen-bond donors (Lipinski definition) is 0. The molecule has 1 aliphatic heterocycles. The third-order valence-electron chi connectivity index (χ3n) is 5.02. The van der Waals surface area contributed by atoms with Crippen LogP contribution in [0.3, 0.4) is 0 Å². The predicted octanol–water partition coefficient (Wildman–Crippen LogP) is 5.19. The maximum absolute atomic E-state index is 12.3. The molecule has 0 amide bonds. The third-order valence-corrected chi connectivity index (χ3v) is 6.33. The quantitative estimate of drug-likeness (QED) is 0.638. The maximum atomic E-state index is 12.3. The zero-order chi connectivity index (χ0) is 18.3. The molecule has 0 spiro atoms. The fourth-order valence-corrected chi connectivity index (χ4v) is 4.26. The van der Waals surface area contributed by atoms with Crippen molar-refractivity contribution in [2.45, 2.75) is 48.6 Å². The van der Waals surface area contributed by atoms with Crippen molar-refractivity contribution in [1.29, 1.82) is 0 Å². The second kappa shape index (κ2) is 6.80. The molecule has 1 aromatic rings. The van der Waals surface area contributed by atoms with Crippen molar-refractivity contribution in [2.24, 2.45) is 5.92 Å². The lowest BCUT2D eigenvalue weighted by molar-refractivity contribution is -0.274. The van der Waals surface area contributed by atoms with Gasteiger partial charge in [-0.15, -0.1) is 36.4 Å². The lowest BCUT2D eigenvalue weighted by Crippen LogP contribution is -2.24. The molecule has 140 valence electrons. The molecular formula is C17H19Cl2F3O3. The smallest absolute Gasteiger partial charge is 0.406 e. The first-order valence-corrected chi connectivity index (χ1v) is 8.87. The molecule has 8 heteroatoms. The molecule has 25 heavy (non-hydrogen) atoms. The van der Waals surface area contributed by atoms with Crippen molar-refractivity contribution in [3.8, 4) is 5.75 Å². The van der Waals surface area contributed by atoms with E-state index < -0.39 is 16.1 Å². The highest BCUT2D eigenvalue weighted by molar-refractivity contribution is 6.52. The molecule has 1 saturated carbocycles. The molecule has 2 unspecified atom stereocenters. The Morgan fingerprint density at radius 1 is 1.20 bits per heavy atom. The molecular weight excluding hydrogens is 380 g/mol. The molecule has 1 heterocycles. The predicted molar refractivity (Wildman–Crippen MR) is 87.9 cm³/mol. The molecule has 0 aromatic heterocycles. The van der Waals surface area contributed by atoms with Gasteiger partial charge in [-0.25, -0.2) is 0 Å². The number of alkyl halides is 5. The van der Waals surface area contributed by atoms with Crippen LogP contribution < -0.4 is 4.74 Å². The highest BCUT2D eigenvalue weighted by Crippen LogP contribution is 2.69. The Balaban J connectivity index is 1.65. The van der Waals surface area contributed by atoms with Gasteiger partial charge in [-0.3, -0.25) is 0 Å². The van der Waals surface area contributed by atoms with E-state index in [0.717, 1.165) is 24.8 Å². The van der Waals surface area contributed by atoms with Crippen LogP contribution in [-0.2, 0) is 14.9 Å². The Morgan fingerprint density at radius 2 is 1.88 bits per heavy atom. The average molecular weight is 399 g/mol. The summed E-state index contributed by atoms with van der Waals surface area (Å²) < 4.78 is 50.9. The molecule has 1 saturated heterocycles. The van der Waals surface area contributed by atoms with Crippen LogP contribution in [0.2, 0.25) is 0 Å². The van der Waals surface area contributed by atoms with Gasteiger partial charge < -0.3 is 14.2 Å².